The molecule has 0 atom stereocenters. The Kier molecular flexibility index (Phi) is 7.25. The maximum absolute atomic E-state index is 11.8. The van der Waals surface area contributed by atoms with Crippen molar-refractivity contribution in [3.63, 3.8) is 0 Å². The molecule has 0 fully saturated rings. The Bertz CT molecular complexity index is 477. The van der Waals surface area contributed by atoms with Crippen molar-refractivity contribution in [1.82, 2.24) is 5.32 Å². The Labute approximate surface area is 115 Å². The molecule has 0 saturated carbocycles. The number of aliphatic hydroxyl groups is 1. The topological polar surface area (TPSA) is 58.6 Å². The lowest BCUT2D eigenvalue weighted by Gasteiger charge is -2.06. The SMILES string of the molecule is O=C(NCCOCC(F)F)c1ccc(C#CCO)cc1. The maximum atomic E-state index is 11.8. The van der Waals surface area contributed by atoms with E-state index in [9.17, 15) is 13.6 Å². The molecule has 108 valence electrons. The molecule has 0 aliphatic heterocycles. The van der Waals surface area contributed by atoms with Crippen LogP contribution in [-0.4, -0.2) is 43.8 Å². The summed E-state index contributed by atoms with van der Waals surface area (Å²) >= 11 is 0. The van der Waals surface area contributed by atoms with E-state index in [0.717, 1.165) is 0 Å². The van der Waals surface area contributed by atoms with E-state index in [-0.39, 0.29) is 25.7 Å². The van der Waals surface area contributed by atoms with Crippen LogP contribution in [0.15, 0.2) is 24.3 Å². The van der Waals surface area contributed by atoms with E-state index in [1.54, 1.807) is 24.3 Å². The van der Waals surface area contributed by atoms with Crippen LogP contribution in [0.3, 0.4) is 0 Å². The van der Waals surface area contributed by atoms with Crippen molar-refractivity contribution in [2.75, 3.05) is 26.4 Å². The molecule has 20 heavy (non-hydrogen) atoms. The number of carbonyl (C=O) groups is 1. The first-order chi connectivity index (χ1) is 9.63. The van der Waals surface area contributed by atoms with Crippen LogP contribution in [0.5, 0.6) is 0 Å². The summed E-state index contributed by atoms with van der Waals surface area (Å²) in [4.78, 5) is 11.7. The summed E-state index contributed by atoms with van der Waals surface area (Å²) in [5, 5.41) is 11.1. The summed E-state index contributed by atoms with van der Waals surface area (Å²) in [5.41, 5.74) is 1.13. The molecular formula is C14H15F2NO3. The predicted octanol–water partition coefficient (Wildman–Crippen LogP) is 1.04. The van der Waals surface area contributed by atoms with Gasteiger partial charge in [0.25, 0.3) is 12.3 Å². The Balaban J connectivity index is 2.36. The van der Waals surface area contributed by atoms with Crippen molar-refractivity contribution >= 4 is 5.91 Å². The van der Waals surface area contributed by atoms with Crippen molar-refractivity contribution in [2.24, 2.45) is 0 Å². The third kappa shape index (κ3) is 6.27. The van der Waals surface area contributed by atoms with Crippen LogP contribution in [0.25, 0.3) is 0 Å². The normalized spacial score (nSPS) is 10.0. The van der Waals surface area contributed by atoms with E-state index in [1.807, 2.05) is 0 Å². The summed E-state index contributed by atoms with van der Waals surface area (Å²) in [6, 6.07) is 6.50. The zero-order chi connectivity index (χ0) is 14.8. The van der Waals surface area contributed by atoms with Gasteiger partial charge in [0, 0.05) is 17.7 Å². The van der Waals surface area contributed by atoms with E-state index in [2.05, 4.69) is 21.9 Å². The van der Waals surface area contributed by atoms with Gasteiger partial charge in [0.05, 0.1) is 6.61 Å². The van der Waals surface area contributed by atoms with Gasteiger partial charge in [-0.1, -0.05) is 11.8 Å². The average molecular weight is 283 g/mol. The molecule has 1 amide bonds. The molecule has 0 bridgehead atoms. The van der Waals surface area contributed by atoms with Crippen LogP contribution in [0, 0.1) is 11.8 Å². The minimum Gasteiger partial charge on any atom is -0.384 e. The molecular weight excluding hydrogens is 268 g/mol. The second kappa shape index (κ2) is 9.02. The molecule has 1 aromatic carbocycles. The van der Waals surface area contributed by atoms with Gasteiger partial charge in [-0.15, -0.1) is 0 Å². The van der Waals surface area contributed by atoms with Gasteiger partial charge >= 0.3 is 0 Å². The standard InChI is InChI=1S/C14H15F2NO3/c15-13(16)10-20-9-7-17-14(19)12-5-3-11(4-6-12)2-1-8-18/h3-6,13,18H,7-10H2,(H,17,19). The molecule has 0 radical (unpaired) electrons. The summed E-state index contributed by atoms with van der Waals surface area (Å²) < 4.78 is 28.2. The molecule has 0 heterocycles. The Morgan fingerprint density at radius 1 is 1.35 bits per heavy atom. The zero-order valence-corrected chi connectivity index (χ0v) is 10.7. The van der Waals surface area contributed by atoms with Gasteiger partial charge in [-0.25, -0.2) is 8.78 Å². The maximum Gasteiger partial charge on any atom is 0.261 e. The Hall–Kier alpha value is -1.97. The average Bonchev–Trinajstić information content (AvgIpc) is 2.44. The number of carbonyl (C=O) groups excluding carboxylic acids is 1. The number of benzene rings is 1. The lowest BCUT2D eigenvalue weighted by molar-refractivity contribution is 0.0188. The lowest BCUT2D eigenvalue weighted by atomic mass is 10.1. The largest absolute Gasteiger partial charge is 0.384 e. The molecule has 0 saturated heterocycles. The number of halogens is 2. The highest BCUT2D eigenvalue weighted by atomic mass is 19.3. The van der Waals surface area contributed by atoms with Gasteiger partial charge in [-0.05, 0) is 24.3 Å². The highest BCUT2D eigenvalue weighted by molar-refractivity contribution is 5.94. The molecule has 0 aliphatic carbocycles. The van der Waals surface area contributed by atoms with E-state index < -0.39 is 13.0 Å². The smallest absolute Gasteiger partial charge is 0.261 e. The van der Waals surface area contributed by atoms with Gasteiger partial charge < -0.3 is 15.2 Å². The fourth-order valence-corrected chi connectivity index (χ4v) is 1.36. The molecule has 1 rings (SSSR count). The van der Waals surface area contributed by atoms with Crippen LogP contribution in [0.4, 0.5) is 8.78 Å². The first kappa shape index (κ1) is 16.1. The second-order valence-corrected chi connectivity index (χ2v) is 3.76. The Morgan fingerprint density at radius 2 is 2.05 bits per heavy atom. The highest BCUT2D eigenvalue weighted by Crippen LogP contribution is 2.03. The van der Waals surface area contributed by atoms with E-state index in [1.165, 1.54) is 0 Å². The number of hydrogen-bond donors (Lipinski definition) is 2. The lowest BCUT2D eigenvalue weighted by Crippen LogP contribution is -2.27. The fraction of sp³-hybridized carbons (Fsp3) is 0.357. The summed E-state index contributed by atoms with van der Waals surface area (Å²) in [5.74, 6) is 4.89. The number of nitrogens with one attached hydrogen (secondary N) is 1. The van der Waals surface area contributed by atoms with Gasteiger partial charge in [0.15, 0.2) is 0 Å². The van der Waals surface area contributed by atoms with Crippen molar-refractivity contribution < 1.29 is 23.4 Å². The number of amides is 1. The van der Waals surface area contributed by atoms with Gasteiger partial charge in [0.1, 0.15) is 13.2 Å². The van der Waals surface area contributed by atoms with Crippen LogP contribution in [0.2, 0.25) is 0 Å². The number of ether oxygens (including phenoxy) is 1. The van der Waals surface area contributed by atoms with Crippen molar-refractivity contribution in [1.29, 1.82) is 0 Å². The summed E-state index contributed by atoms with van der Waals surface area (Å²) in [6.45, 7) is -0.650. The number of aliphatic hydroxyl groups excluding tert-OH is 1. The highest BCUT2D eigenvalue weighted by Gasteiger charge is 2.05. The monoisotopic (exact) mass is 283 g/mol. The van der Waals surface area contributed by atoms with Gasteiger partial charge in [-0.3, -0.25) is 4.79 Å². The minimum atomic E-state index is -2.50. The molecule has 0 aliphatic rings. The number of hydrogen-bond acceptors (Lipinski definition) is 3. The van der Waals surface area contributed by atoms with Gasteiger partial charge in [-0.2, -0.15) is 0 Å². The van der Waals surface area contributed by atoms with Crippen molar-refractivity contribution in [3.05, 3.63) is 35.4 Å². The molecule has 2 N–H and O–H groups in total. The first-order valence-corrected chi connectivity index (χ1v) is 5.97. The summed E-state index contributed by atoms with van der Waals surface area (Å²) in [6.07, 6.45) is -2.50. The molecule has 1 aromatic rings. The molecule has 6 heteroatoms. The minimum absolute atomic E-state index is 0.0378. The van der Waals surface area contributed by atoms with Crippen LogP contribution < -0.4 is 5.32 Å². The third-order valence-electron chi connectivity index (χ3n) is 2.23. The molecule has 4 nitrogen and oxygen atoms in total. The molecule has 0 aromatic heterocycles. The molecule has 0 unspecified atom stereocenters. The Morgan fingerprint density at radius 3 is 2.65 bits per heavy atom. The van der Waals surface area contributed by atoms with E-state index >= 15 is 0 Å². The van der Waals surface area contributed by atoms with Crippen LogP contribution in [0.1, 0.15) is 15.9 Å². The second-order valence-electron chi connectivity index (χ2n) is 3.76. The number of rotatable bonds is 6. The van der Waals surface area contributed by atoms with Crippen LogP contribution in [-0.2, 0) is 4.74 Å². The van der Waals surface area contributed by atoms with Crippen LogP contribution >= 0.6 is 0 Å². The number of alkyl halides is 2. The zero-order valence-electron chi connectivity index (χ0n) is 10.7. The van der Waals surface area contributed by atoms with E-state index in [4.69, 9.17) is 5.11 Å². The van der Waals surface area contributed by atoms with Gasteiger partial charge in [0.2, 0.25) is 0 Å². The predicted molar refractivity (Wildman–Crippen MR) is 69.6 cm³/mol. The fourth-order valence-electron chi connectivity index (χ4n) is 1.36. The van der Waals surface area contributed by atoms with Crippen molar-refractivity contribution in [2.45, 2.75) is 6.43 Å². The third-order valence-corrected chi connectivity index (χ3v) is 2.23. The summed E-state index contributed by atoms with van der Waals surface area (Å²) in [7, 11) is 0. The van der Waals surface area contributed by atoms with Crippen molar-refractivity contribution in [3.8, 4) is 11.8 Å². The first-order valence-electron chi connectivity index (χ1n) is 5.97. The quantitative estimate of drug-likeness (QED) is 0.606. The molecule has 0 spiro atoms. The van der Waals surface area contributed by atoms with E-state index in [0.29, 0.717) is 11.1 Å².